The van der Waals surface area contributed by atoms with Gasteiger partial charge >= 0.3 is 12.0 Å². The Bertz CT molecular complexity index is 802. The van der Waals surface area contributed by atoms with Gasteiger partial charge in [-0.1, -0.05) is 30.9 Å². The summed E-state index contributed by atoms with van der Waals surface area (Å²) in [6, 6.07) is 1.84. The molecule has 1 aliphatic carbocycles. The van der Waals surface area contributed by atoms with Crippen LogP contribution in [0.1, 0.15) is 50.6 Å². The number of aromatic hydroxyl groups is 1. The van der Waals surface area contributed by atoms with Gasteiger partial charge in [0, 0.05) is 5.70 Å². The summed E-state index contributed by atoms with van der Waals surface area (Å²) in [6.45, 7) is 2.03. The molecular weight excluding hydrogens is 384 g/mol. The highest BCUT2D eigenvalue weighted by atomic mass is 35.5. The maximum Gasteiger partial charge on any atom is 0.338 e. The summed E-state index contributed by atoms with van der Waals surface area (Å²) in [4.78, 5) is 24.9. The summed E-state index contributed by atoms with van der Waals surface area (Å²) in [5, 5.41) is 15.4. The number of esters is 1. The molecule has 152 valence electrons. The van der Waals surface area contributed by atoms with Crippen molar-refractivity contribution in [3.63, 3.8) is 0 Å². The van der Waals surface area contributed by atoms with Crippen molar-refractivity contribution in [3.8, 4) is 11.5 Å². The average molecular weight is 409 g/mol. The van der Waals surface area contributed by atoms with Gasteiger partial charge in [-0.05, 0) is 43.4 Å². The molecule has 1 atom stereocenters. The van der Waals surface area contributed by atoms with Gasteiger partial charge in [0.05, 0.1) is 30.4 Å². The lowest BCUT2D eigenvalue weighted by molar-refractivity contribution is -0.141. The summed E-state index contributed by atoms with van der Waals surface area (Å²) in [7, 11) is 1.40. The smallest absolute Gasteiger partial charge is 0.338 e. The lowest BCUT2D eigenvalue weighted by Gasteiger charge is -2.29. The van der Waals surface area contributed by atoms with Crippen molar-refractivity contribution >= 4 is 23.6 Å². The van der Waals surface area contributed by atoms with Crippen molar-refractivity contribution in [1.82, 2.24) is 10.6 Å². The van der Waals surface area contributed by atoms with Gasteiger partial charge < -0.3 is 25.2 Å². The molecule has 8 heteroatoms. The Kier molecular flexibility index (Phi) is 6.34. The molecule has 2 aliphatic rings. The summed E-state index contributed by atoms with van der Waals surface area (Å²) in [5.41, 5.74) is 1.24. The van der Waals surface area contributed by atoms with Gasteiger partial charge in [0.25, 0.3) is 0 Å². The molecule has 1 heterocycles. The molecule has 3 N–H and O–H groups in total. The molecule has 0 aromatic heterocycles. The minimum absolute atomic E-state index is 0.0645. The van der Waals surface area contributed by atoms with Crippen molar-refractivity contribution < 1.29 is 24.2 Å². The second-order valence-electron chi connectivity index (χ2n) is 7.23. The average Bonchev–Trinajstić information content (AvgIpc) is 2.68. The van der Waals surface area contributed by atoms with Crippen molar-refractivity contribution in [2.75, 3.05) is 13.7 Å². The van der Waals surface area contributed by atoms with Crippen LogP contribution in [0.25, 0.3) is 0 Å². The molecule has 3 rings (SSSR count). The van der Waals surface area contributed by atoms with Crippen molar-refractivity contribution in [1.29, 1.82) is 0 Å². The number of halogens is 1. The van der Waals surface area contributed by atoms with Crippen LogP contribution in [0.3, 0.4) is 0 Å². The molecule has 0 bridgehead atoms. The monoisotopic (exact) mass is 408 g/mol. The Morgan fingerprint density at radius 3 is 2.68 bits per heavy atom. The molecule has 2 amide bonds. The molecule has 0 spiro atoms. The van der Waals surface area contributed by atoms with Gasteiger partial charge in [0.15, 0.2) is 11.5 Å². The van der Waals surface area contributed by atoms with Gasteiger partial charge in [-0.3, -0.25) is 0 Å². The number of hydrogen-bond acceptors (Lipinski definition) is 5. The third-order valence-corrected chi connectivity index (χ3v) is 5.56. The van der Waals surface area contributed by atoms with Crippen LogP contribution in [0, 0.1) is 5.92 Å². The van der Waals surface area contributed by atoms with E-state index in [1.165, 1.54) is 19.6 Å². The third-order valence-electron chi connectivity index (χ3n) is 5.27. The predicted octanol–water partition coefficient (Wildman–Crippen LogP) is 3.81. The van der Waals surface area contributed by atoms with Crippen LogP contribution in [-0.4, -0.2) is 30.8 Å². The summed E-state index contributed by atoms with van der Waals surface area (Å²) >= 11 is 6.09. The maximum absolute atomic E-state index is 12.9. The largest absolute Gasteiger partial charge is 0.503 e. The van der Waals surface area contributed by atoms with Crippen LogP contribution in [0.4, 0.5) is 4.79 Å². The molecule has 1 aromatic rings. The molecular formula is C20H25ClN2O5. The highest BCUT2D eigenvalue weighted by molar-refractivity contribution is 6.32. The fourth-order valence-corrected chi connectivity index (χ4v) is 3.97. The van der Waals surface area contributed by atoms with Crippen molar-refractivity contribution in [2.24, 2.45) is 5.92 Å². The Morgan fingerprint density at radius 2 is 2.00 bits per heavy atom. The Morgan fingerprint density at radius 1 is 1.29 bits per heavy atom. The summed E-state index contributed by atoms with van der Waals surface area (Å²) in [5.74, 6) is -0.145. The van der Waals surface area contributed by atoms with E-state index >= 15 is 0 Å². The number of phenolic OH excluding ortho intramolecular Hbond substituents is 1. The zero-order valence-electron chi connectivity index (χ0n) is 16.0. The third kappa shape index (κ3) is 4.35. The number of amides is 2. The van der Waals surface area contributed by atoms with Crippen LogP contribution in [0.15, 0.2) is 23.4 Å². The van der Waals surface area contributed by atoms with E-state index in [2.05, 4.69) is 10.6 Å². The molecule has 7 nitrogen and oxygen atoms in total. The first kappa shape index (κ1) is 20.3. The minimum atomic E-state index is -0.764. The van der Waals surface area contributed by atoms with Crippen molar-refractivity contribution in [3.05, 3.63) is 34.0 Å². The van der Waals surface area contributed by atoms with E-state index in [1.807, 2.05) is 0 Å². The maximum atomic E-state index is 12.9. The van der Waals surface area contributed by atoms with E-state index in [-0.39, 0.29) is 16.5 Å². The number of allylic oxidation sites excluding steroid dienone is 1. The SMILES string of the molecule is COc1cc(C2NC(=O)NC(C)=C2C(=O)OCC2CCCCC2)cc(Cl)c1O. The van der Waals surface area contributed by atoms with Gasteiger partial charge in [-0.25, -0.2) is 9.59 Å². The van der Waals surface area contributed by atoms with Gasteiger partial charge in [-0.15, -0.1) is 0 Å². The number of nitrogens with one attached hydrogen (secondary N) is 2. The molecule has 28 heavy (non-hydrogen) atoms. The van der Waals surface area contributed by atoms with E-state index in [0.717, 1.165) is 25.7 Å². The number of carbonyl (C=O) groups is 2. The van der Waals surface area contributed by atoms with E-state index in [0.29, 0.717) is 29.4 Å². The Labute approximate surface area is 169 Å². The first-order valence-corrected chi connectivity index (χ1v) is 9.80. The van der Waals surface area contributed by atoms with Crippen LogP contribution in [0.5, 0.6) is 11.5 Å². The number of urea groups is 1. The second-order valence-corrected chi connectivity index (χ2v) is 7.63. The predicted molar refractivity (Wildman–Crippen MR) is 104 cm³/mol. The summed E-state index contributed by atoms with van der Waals surface area (Å²) in [6.07, 6.45) is 5.69. The van der Waals surface area contributed by atoms with E-state index in [4.69, 9.17) is 21.1 Å². The van der Waals surface area contributed by atoms with Crippen LogP contribution < -0.4 is 15.4 Å². The van der Waals surface area contributed by atoms with E-state index in [1.54, 1.807) is 13.0 Å². The minimum Gasteiger partial charge on any atom is -0.503 e. The van der Waals surface area contributed by atoms with E-state index < -0.39 is 18.0 Å². The molecule has 1 unspecified atom stereocenters. The number of hydrogen-bond donors (Lipinski definition) is 3. The van der Waals surface area contributed by atoms with Crippen LogP contribution >= 0.6 is 11.6 Å². The van der Waals surface area contributed by atoms with Gasteiger partial charge in [-0.2, -0.15) is 0 Å². The van der Waals surface area contributed by atoms with Gasteiger partial charge in [0.2, 0.25) is 0 Å². The fourth-order valence-electron chi connectivity index (χ4n) is 3.76. The number of carbonyl (C=O) groups excluding carboxylic acids is 2. The Balaban J connectivity index is 1.86. The highest BCUT2D eigenvalue weighted by Crippen LogP contribution is 2.39. The highest BCUT2D eigenvalue weighted by Gasteiger charge is 2.33. The van der Waals surface area contributed by atoms with Crippen LogP contribution in [-0.2, 0) is 9.53 Å². The number of methoxy groups -OCH3 is 1. The Hall–Kier alpha value is -2.41. The molecule has 0 radical (unpaired) electrons. The molecule has 1 aliphatic heterocycles. The zero-order valence-corrected chi connectivity index (χ0v) is 16.8. The van der Waals surface area contributed by atoms with Gasteiger partial charge in [0.1, 0.15) is 0 Å². The molecule has 1 saturated carbocycles. The number of ether oxygens (including phenoxy) is 2. The van der Waals surface area contributed by atoms with Crippen molar-refractivity contribution in [2.45, 2.75) is 45.1 Å². The quantitative estimate of drug-likeness (QED) is 0.644. The fraction of sp³-hybridized carbons (Fsp3) is 0.500. The zero-order chi connectivity index (χ0) is 20.3. The second kappa shape index (κ2) is 8.73. The standard InChI is InChI=1S/C20H25ClN2O5/c1-11-16(19(25)28-10-12-6-4-3-5-7-12)17(23-20(26)22-11)13-8-14(21)18(24)15(9-13)27-2/h8-9,12,17,24H,3-7,10H2,1-2H3,(H2,22,23,26). The molecule has 0 saturated heterocycles. The van der Waals surface area contributed by atoms with Crippen LogP contribution in [0.2, 0.25) is 5.02 Å². The molecule has 1 aromatic carbocycles. The normalized spacial score (nSPS) is 20.4. The number of benzene rings is 1. The summed E-state index contributed by atoms with van der Waals surface area (Å²) < 4.78 is 10.7. The number of phenols is 1. The lowest BCUT2D eigenvalue weighted by atomic mass is 9.90. The lowest BCUT2D eigenvalue weighted by Crippen LogP contribution is -2.45. The number of rotatable bonds is 5. The first-order valence-electron chi connectivity index (χ1n) is 9.42. The molecule has 1 fully saturated rings. The topological polar surface area (TPSA) is 96.9 Å². The van der Waals surface area contributed by atoms with E-state index in [9.17, 15) is 14.7 Å². The first-order chi connectivity index (χ1) is 13.4.